The number of hydrogen-bond donors (Lipinski definition) is 2. The van der Waals surface area contributed by atoms with Gasteiger partial charge < -0.3 is 19.6 Å². The monoisotopic (exact) mass is 440 g/mol. The van der Waals surface area contributed by atoms with E-state index in [-0.39, 0.29) is 11.7 Å². The Labute approximate surface area is 186 Å². The Bertz CT molecular complexity index is 1060. The van der Waals surface area contributed by atoms with Crippen LogP contribution in [0.5, 0.6) is 5.75 Å². The van der Waals surface area contributed by atoms with Gasteiger partial charge in [-0.05, 0) is 38.1 Å². The minimum Gasteiger partial charge on any atom is -0.508 e. The number of nitrogens with one attached hydrogen (secondary N) is 1. The van der Waals surface area contributed by atoms with Gasteiger partial charge in [-0.2, -0.15) is 0 Å². The average molecular weight is 441 g/mol. The Morgan fingerprint density at radius 3 is 2.65 bits per heavy atom. The Kier molecular flexibility index (Phi) is 6.85. The van der Waals surface area contributed by atoms with Gasteiger partial charge in [-0.25, -0.2) is 4.79 Å². The van der Waals surface area contributed by atoms with E-state index in [0.29, 0.717) is 37.7 Å². The molecule has 7 heteroatoms. The number of ether oxygens (including phenoxy) is 2. The second-order valence-corrected chi connectivity index (χ2v) is 8.72. The van der Waals surface area contributed by atoms with E-state index < -0.39 is 0 Å². The molecule has 1 aliphatic heterocycles. The summed E-state index contributed by atoms with van der Waals surface area (Å²) in [5.74, 6) is 0.437. The Morgan fingerprint density at radius 2 is 1.94 bits per heavy atom. The molecule has 3 aromatic rings. The van der Waals surface area contributed by atoms with Crippen LogP contribution in [0.4, 0.5) is 0 Å². The van der Waals surface area contributed by atoms with E-state index in [1.165, 1.54) is 5.56 Å². The molecule has 0 aliphatic carbocycles. The summed E-state index contributed by atoms with van der Waals surface area (Å²) < 4.78 is 10.9. The molecule has 1 saturated heterocycles. The van der Waals surface area contributed by atoms with Gasteiger partial charge in [0.05, 0.1) is 25.4 Å². The number of aryl methyl sites for hydroxylation is 1. The number of aromatic nitrogens is 1. The highest BCUT2D eigenvalue weighted by atomic mass is 32.2. The Balaban J connectivity index is 1.72. The Morgan fingerprint density at radius 1 is 1.19 bits per heavy atom. The van der Waals surface area contributed by atoms with Crippen molar-refractivity contribution in [3.05, 3.63) is 58.8 Å². The first kappa shape index (κ1) is 21.7. The van der Waals surface area contributed by atoms with Gasteiger partial charge in [0.2, 0.25) is 0 Å². The van der Waals surface area contributed by atoms with Crippen molar-refractivity contribution in [2.24, 2.45) is 0 Å². The van der Waals surface area contributed by atoms with E-state index in [4.69, 9.17) is 9.47 Å². The first-order valence-electron chi connectivity index (χ1n) is 10.6. The predicted octanol–water partition coefficient (Wildman–Crippen LogP) is 4.48. The maximum Gasteiger partial charge on any atom is 0.340 e. The number of phenols is 1. The lowest BCUT2D eigenvalue weighted by Gasteiger charge is -2.27. The molecular formula is C24H28N2O4S. The zero-order chi connectivity index (χ0) is 21.8. The van der Waals surface area contributed by atoms with E-state index in [1.54, 1.807) is 24.8 Å². The molecule has 0 saturated carbocycles. The van der Waals surface area contributed by atoms with Crippen LogP contribution in [-0.4, -0.2) is 53.9 Å². The number of benzene rings is 2. The zero-order valence-corrected chi connectivity index (χ0v) is 18.8. The molecule has 0 radical (unpaired) electrons. The van der Waals surface area contributed by atoms with E-state index in [2.05, 4.69) is 41.1 Å². The van der Waals surface area contributed by atoms with Crippen molar-refractivity contribution in [2.45, 2.75) is 31.0 Å². The SMILES string of the molecule is CCOC(=O)c1c(CSc2ccc(C)cc2)[nH]c2ccc(O)c(CN3CCOCC3)c12. The van der Waals surface area contributed by atoms with Crippen molar-refractivity contribution in [3.8, 4) is 5.75 Å². The minimum absolute atomic E-state index is 0.196. The van der Waals surface area contributed by atoms with Crippen LogP contribution in [0.15, 0.2) is 41.3 Å². The molecule has 0 atom stereocenters. The number of rotatable bonds is 7. The number of carbonyl (C=O) groups is 1. The largest absolute Gasteiger partial charge is 0.508 e. The van der Waals surface area contributed by atoms with Crippen LogP contribution in [0.3, 0.4) is 0 Å². The molecule has 31 heavy (non-hydrogen) atoms. The number of phenolic OH excluding ortho intramolecular Hbond substituents is 1. The number of carbonyl (C=O) groups excluding carboxylic acids is 1. The number of H-pyrrole nitrogens is 1. The number of nitrogens with zero attached hydrogens (tertiary/aromatic N) is 1. The summed E-state index contributed by atoms with van der Waals surface area (Å²) >= 11 is 1.66. The minimum atomic E-state index is -0.359. The number of morpholine rings is 1. The molecule has 0 amide bonds. The predicted molar refractivity (Wildman–Crippen MR) is 123 cm³/mol. The molecule has 164 valence electrons. The highest BCUT2D eigenvalue weighted by Gasteiger charge is 2.25. The van der Waals surface area contributed by atoms with Gasteiger partial charge in [-0.1, -0.05) is 17.7 Å². The molecule has 0 spiro atoms. The number of esters is 1. The van der Waals surface area contributed by atoms with Gasteiger partial charge in [0, 0.05) is 52.4 Å². The number of hydrogen-bond acceptors (Lipinski definition) is 6. The number of aromatic hydroxyl groups is 1. The van der Waals surface area contributed by atoms with Crippen LogP contribution in [0.2, 0.25) is 0 Å². The summed E-state index contributed by atoms with van der Waals surface area (Å²) in [7, 11) is 0. The molecule has 2 heterocycles. The third-order valence-electron chi connectivity index (χ3n) is 5.49. The molecule has 0 unspecified atom stereocenters. The third-order valence-corrected chi connectivity index (χ3v) is 6.53. The lowest BCUT2D eigenvalue weighted by atomic mass is 10.0. The summed E-state index contributed by atoms with van der Waals surface area (Å²) in [5, 5.41) is 11.4. The van der Waals surface area contributed by atoms with Crippen molar-refractivity contribution < 1.29 is 19.4 Å². The molecule has 4 rings (SSSR count). The zero-order valence-electron chi connectivity index (χ0n) is 17.9. The van der Waals surface area contributed by atoms with Crippen molar-refractivity contribution in [3.63, 3.8) is 0 Å². The van der Waals surface area contributed by atoms with Crippen LogP contribution in [0, 0.1) is 6.92 Å². The lowest BCUT2D eigenvalue weighted by molar-refractivity contribution is 0.0340. The third kappa shape index (κ3) is 4.89. The number of thioether (sulfide) groups is 1. The summed E-state index contributed by atoms with van der Waals surface area (Å²) in [4.78, 5) is 19.8. The van der Waals surface area contributed by atoms with Gasteiger partial charge in [0.1, 0.15) is 5.75 Å². The summed E-state index contributed by atoms with van der Waals surface area (Å²) in [6.07, 6.45) is 0. The topological polar surface area (TPSA) is 74.8 Å². The van der Waals surface area contributed by atoms with Crippen molar-refractivity contribution in [1.82, 2.24) is 9.88 Å². The molecule has 6 nitrogen and oxygen atoms in total. The van der Waals surface area contributed by atoms with Crippen molar-refractivity contribution >= 4 is 28.6 Å². The second-order valence-electron chi connectivity index (χ2n) is 7.68. The standard InChI is InChI=1S/C24H28N2O4S/c1-3-30-24(28)23-20(15-31-17-6-4-16(2)5-7-17)25-19-8-9-21(27)18(22(19)23)14-26-10-12-29-13-11-26/h4-9,25,27H,3,10-15H2,1-2H3. The molecular weight excluding hydrogens is 412 g/mol. The summed E-state index contributed by atoms with van der Waals surface area (Å²) in [5.41, 5.74) is 4.14. The average Bonchev–Trinajstić information content (AvgIpc) is 3.15. The number of fused-ring (bicyclic) bond motifs is 1. The fourth-order valence-corrected chi connectivity index (χ4v) is 4.73. The van der Waals surface area contributed by atoms with Crippen molar-refractivity contribution in [2.75, 3.05) is 32.9 Å². The van der Waals surface area contributed by atoms with Gasteiger partial charge in [-0.3, -0.25) is 4.90 Å². The van der Waals surface area contributed by atoms with E-state index in [9.17, 15) is 9.90 Å². The molecule has 1 aliphatic rings. The highest BCUT2D eigenvalue weighted by molar-refractivity contribution is 7.98. The van der Waals surface area contributed by atoms with Crippen LogP contribution in [0.1, 0.15) is 34.1 Å². The fraction of sp³-hybridized carbons (Fsp3) is 0.375. The molecule has 1 aromatic heterocycles. The second kappa shape index (κ2) is 9.77. The van der Waals surface area contributed by atoms with Crippen LogP contribution in [-0.2, 0) is 21.8 Å². The molecule has 2 aromatic carbocycles. The molecule has 0 bridgehead atoms. The maximum atomic E-state index is 13.0. The normalized spacial score (nSPS) is 14.8. The van der Waals surface area contributed by atoms with E-state index in [0.717, 1.165) is 40.1 Å². The quantitative estimate of drug-likeness (QED) is 0.417. The summed E-state index contributed by atoms with van der Waals surface area (Å²) in [6, 6.07) is 11.9. The maximum absolute atomic E-state index is 13.0. The van der Waals surface area contributed by atoms with Gasteiger partial charge in [-0.15, -0.1) is 11.8 Å². The first-order valence-corrected chi connectivity index (χ1v) is 11.6. The van der Waals surface area contributed by atoms with Crippen molar-refractivity contribution in [1.29, 1.82) is 0 Å². The summed E-state index contributed by atoms with van der Waals surface area (Å²) in [6.45, 7) is 7.67. The van der Waals surface area contributed by atoms with Crippen LogP contribution in [0.25, 0.3) is 10.9 Å². The first-order chi connectivity index (χ1) is 15.1. The van der Waals surface area contributed by atoms with Gasteiger partial charge >= 0.3 is 5.97 Å². The highest BCUT2D eigenvalue weighted by Crippen LogP contribution is 2.35. The van der Waals surface area contributed by atoms with Crippen LogP contribution >= 0.6 is 11.8 Å². The molecule has 1 fully saturated rings. The molecule has 2 N–H and O–H groups in total. The van der Waals surface area contributed by atoms with E-state index in [1.807, 2.05) is 6.07 Å². The van der Waals surface area contributed by atoms with Crippen LogP contribution < -0.4 is 0 Å². The van der Waals surface area contributed by atoms with Gasteiger partial charge in [0.15, 0.2) is 0 Å². The Hall–Kier alpha value is -2.48. The lowest BCUT2D eigenvalue weighted by Crippen LogP contribution is -2.35. The van der Waals surface area contributed by atoms with E-state index >= 15 is 0 Å². The smallest absolute Gasteiger partial charge is 0.340 e. The number of aromatic amines is 1. The van der Waals surface area contributed by atoms with Gasteiger partial charge in [0.25, 0.3) is 0 Å². The fourth-order valence-electron chi connectivity index (χ4n) is 3.87.